The lowest BCUT2D eigenvalue weighted by atomic mass is 9.95. The second kappa shape index (κ2) is 7.35. The van der Waals surface area contributed by atoms with E-state index in [2.05, 4.69) is 11.8 Å². The number of carboxylic acids is 1. The fourth-order valence-corrected chi connectivity index (χ4v) is 3.97. The summed E-state index contributed by atoms with van der Waals surface area (Å²) < 4.78 is 7.27. The van der Waals surface area contributed by atoms with Crippen LogP contribution in [-0.2, 0) is 16.0 Å². The normalized spacial score (nSPS) is 17.7. The zero-order valence-corrected chi connectivity index (χ0v) is 16.5. The van der Waals surface area contributed by atoms with E-state index in [1.807, 2.05) is 45.0 Å². The Morgan fingerprint density at radius 1 is 1.26 bits per heavy atom. The molecular formula is C21H28N2O4. The van der Waals surface area contributed by atoms with E-state index < -0.39 is 17.7 Å². The lowest BCUT2D eigenvalue weighted by molar-refractivity contribution is -0.138. The molecule has 0 amide bonds. The number of hydrogen-bond acceptors (Lipinski definition) is 4. The highest BCUT2D eigenvalue weighted by atomic mass is 16.6. The second-order valence-corrected chi connectivity index (χ2v) is 8.10. The molecular weight excluding hydrogens is 344 g/mol. The van der Waals surface area contributed by atoms with E-state index in [9.17, 15) is 14.7 Å². The van der Waals surface area contributed by atoms with E-state index in [1.54, 1.807) is 4.57 Å². The van der Waals surface area contributed by atoms with Crippen LogP contribution in [0.4, 0.5) is 4.79 Å². The molecule has 0 aliphatic carbocycles. The van der Waals surface area contributed by atoms with E-state index in [-0.39, 0.29) is 12.5 Å². The number of aromatic nitrogens is 1. The van der Waals surface area contributed by atoms with Crippen LogP contribution in [0.5, 0.6) is 0 Å². The lowest BCUT2D eigenvalue weighted by Gasteiger charge is -2.36. The van der Waals surface area contributed by atoms with Crippen molar-refractivity contribution in [2.45, 2.75) is 58.6 Å². The van der Waals surface area contributed by atoms with Gasteiger partial charge >= 0.3 is 12.1 Å². The van der Waals surface area contributed by atoms with Gasteiger partial charge in [0.05, 0.1) is 23.7 Å². The first-order chi connectivity index (χ1) is 12.7. The van der Waals surface area contributed by atoms with E-state index in [0.717, 1.165) is 48.1 Å². The largest absolute Gasteiger partial charge is 0.481 e. The van der Waals surface area contributed by atoms with E-state index in [1.165, 1.54) is 0 Å². The summed E-state index contributed by atoms with van der Waals surface area (Å²) in [7, 11) is 0. The highest BCUT2D eigenvalue weighted by Crippen LogP contribution is 2.39. The fourth-order valence-electron chi connectivity index (χ4n) is 3.97. The zero-order chi connectivity index (χ0) is 19.8. The number of carbonyl (C=O) groups excluding carboxylic acids is 1. The van der Waals surface area contributed by atoms with Crippen molar-refractivity contribution in [2.24, 2.45) is 0 Å². The first-order valence-corrected chi connectivity index (χ1v) is 9.54. The third kappa shape index (κ3) is 3.86. The molecule has 1 N–H and O–H groups in total. The van der Waals surface area contributed by atoms with Crippen LogP contribution in [0.25, 0.3) is 10.9 Å². The predicted molar refractivity (Wildman–Crippen MR) is 104 cm³/mol. The van der Waals surface area contributed by atoms with Gasteiger partial charge < -0.3 is 9.84 Å². The summed E-state index contributed by atoms with van der Waals surface area (Å²) in [5.74, 6) is -0.866. The van der Waals surface area contributed by atoms with Crippen molar-refractivity contribution >= 4 is 23.0 Å². The smallest absolute Gasteiger partial charge is 0.419 e. The maximum Gasteiger partial charge on any atom is 0.419 e. The fraction of sp³-hybridized carbons (Fsp3) is 0.524. The molecule has 1 aliphatic rings. The van der Waals surface area contributed by atoms with Crippen LogP contribution < -0.4 is 0 Å². The van der Waals surface area contributed by atoms with Crippen molar-refractivity contribution in [1.82, 2.24) is 9.47 Å². The molecule has 0 bridgehead atoms. The molecule has 1 aromatic heterocycles. The van der Waals surface area contributed by atoms with Crippen LogP contribution in [0.3, 0.4) is 0 Å². The number of carbonyl (C=O) groups is 2. The van der Waals surface area contributed by atoms with Gasteiger partial charge in [0.2, 0.25) is 0 Å². The summed E-state index contributed by atoms with van der Waals surface area (Å²) in [6, 6.07) is 7.41. The second-order valence-electron chi connectivity index (χ2n) is 8.10. The molecule has 1 aliphatic heterocycles. The van der Waals surface area contributed by atoms with Crippen LogP contribution in [0.15, 0.2) is 24.3 Å². The molecule has 0 saturated heterocycles. The standard InChI is InChI=1S/C21H28N2O4/c1-5-11-22-12-10-15-14-8-6-7-9-16(14)23(20(26)27-21(2,3)4)19(15)17(22)13-18(24)25/h6-9,17H,5,10-13H2,1-4H3,(H,24,25). The quantitative estimate of drug-likeness (QED) is 0.870. The van der Waals surface area contributed by atoms with Crippen LogP contribution in [0.2, 0.25) is 0 Å². The predicted octanol–water partition coefficient (Wildman–Crippen LogP) is 4.21. The third-order valence-corrected chi connectivity index (χ3v) is 4.88. The molecule has 6 heteroatoms. The average molecular weight is 372 g/mol. The summed E-state index contributed by atoms with van der Waals surface area (Å²) >= 11 is 0. The molecule has 27 heavy (non-hydrogen) atoms. The van der Waals surface area contributed by atoms with Crippen molar-refractivity contribution in [1.29, 1.82) is 0 Å². The average Bonchev–Trinajstić information content (AvgIpc) is 2.90. The molecule has 3 rings (SSSR count). The molecule has 2 heterocycles. The Hall–Kier alpha value is -2.34. The van der Waals surface area contributed by atoms with E-state index >= 15 is 0 Å². The molecule has 2 aromatic rings. The minimum atomic E-state index is -0.866. The summed E-state index contributed by atoms with van der Waals surface area (Å²) in [6.07, 6.45) is 1.24. The van der Waals surface area contributed by atoms with Gasteiger partial charge in [-0.15, -0.1) is 0 Å². The Bertz CT molecular complexity index is 863. The van der Waals surface area contributed by atoms with Crippen LogP contribution in [-0.4, -0.2) is 45.3 Å². The molecule has 0 fully saturated rings. The number of benzene rings is 1. The van der Waals surface area contributed by atoms with Crippen molar-refractivity contribution in [3.05, 3.63) is 35.5 Å². The number of aliphatic carboxylic acids is 1. The van der Waals surface area contributed by atoms with Gasteiger partial charge in [0.15, 0.2) is 0 Å². The molecule has 0 saturated carbocycles. The Balaban J connectivity index is 2.21. The lowest BCUT2D eigenvalue weighted by Crippen LogP contribution is -2.39. The summed E-state index contributed by atoms with van der Waals surface area (Å²) in [5, 5.41) is 10.5. The number of ether oxygens (including phenoxy) is 1. The third-order valence-electron chi connectivity index (χ3n) is 4.88. The van der Waals surface area contributed by atoms with Gasteiger partial charge in [-0.2, -0.15) is 0 Å². The number of nitrogens with zero attached hydrogens (tertiary/aromatic N) is 2. The number of rotatable bonds is 4. The van der Waals surface area contributed by atoms with E-state index in [4.69, 9.17) is 4.74 Å². The molecule has 146 valence electrons. The zero-order valence-electron chi connectivity index (χ0n) is 16.5. The van der Waals surface area contributed by atoms with E-state index in [0.29, 0.717) is 0 Å². The highest BCUT2D eigenvalue weighted by molar-refractivity contribution is 5.94. The van der Waals surface area contributed by atoms with Gasteiger partial charge in [0, 0.05) is 11.9 Å². The van der Waals surface area contributed by atoms with Crippen molar-refractivity contribution in [3.8, 4) is 0 Å². The highest BCUT2D eigenvalue weighted by Gasteiger charge is 2.36. The van der Waals surface area contributed by atoms with Crippen LogP contribution in [0.1, 0.15) is 57.8 Å². The molecule has 1 atom stereocenters. The van der Waals surface area contributed by atoms with Gasteiger partial charge in [-0.05, 0) is 51.8 Å². The Labute approximate surface area is 159 Å². The minimum absolute atomic E-state index is 0.0356. The topological polar surface area (TPSA) is 71.8 Å². The Kier molecular flexibility index (Phi) is 5.29. The Morgan fingerprint density at radius 3 is 2.59 bits per heavy atom. The maximum absolute atomic E-state index is 13.1. The Morgan fingerprint density at radius 2 is 1.96 bits per heavy atom. The summed E-state index contributed by atoms with van der Waals surface area (Å²) in [6.45, 7) is 9.18. The minimum Gasteiger partial charge on any atom is -0.481 e. The SMILES string of the molecule is CCCN1CCc2c(n(C(=O)OC(C)(C)C)c3ccccc23)C1CC(=O)O. The number of hydrogen-bond donors (Lipinski definition) is 1. The van der Waals surface area contributed by atoms with Crippen LogP contribution in [0, 0.1) is 0 Å². The number of fused-ring (bicyclic) bond motifs is 3. The first-order valence-electron chi connectivity index (χ1n) is 9.54. The number of para-hydroxylation sites is 1. The molecule has 1 unspecified atom stereocenters. The summed E-state index contributed by atoms with van der Waals surface area (Å²) in [4.78, 5) is 26.9. The van der Waals surface area contributed by atoms with Crippen molar-refractivity contribution < 1.29 is 19.4 Å². The van der Waals surface area contributed by atoms with Gasteiger partial charge in [-0.25, -0.2) is 9.36 Å². The van der Waals surface area contributed by atoms with Crippen molar-refractivity contribution in [2.75, 3.05) is 13.1 Å². The van der Waals surface area contributed by atoms with Crippen molar-refractivity contribution in [3.63, 3.8) is 0 Å². The number of carboxylic acid groups (broad SMARTS) is 1. The molecule has 0 radical (unpaired) electrons. The molecule has 6 nitrogen and oxygen atoms in total. The van der Waals surface area contributed by atoms with Crippen LogP contribution >= 0.6 is 0 Å². The monoisotopic (exact) mass is 372 g/mol. The summed E-state index contributed by atoms with van der Waals surface area (Å²) in [5.41, 5.74) is 1.99. The van der Waals surface area contributed by atoms with Gasteiger partial charge in [0.1, 0.15) is 5.60 Å². The first kappa shape index (κ1) is 19.4. The van der Waals surface area contributed by atoms with Gasteiger partial charge in [-0.3, -0.25) is 9.69 Å². The molecule has 0 spiro atoms. The molecule has 1 aromatic carbocycles. The van der Waals surface area contributed by atoms with Gasteiger partial charge in [-0.1, -0.05) is 25.1 Å². The van der Waals surface area contributed by atoms with Gasteiger partial charge in [0.25, 0.3) is 0 Å². The maximum atomic E-state index is 13.1.